The lowest BCUT2D eigenvalue weighted by atomic mass is 10.0. The summed E-state index contributed by atoms with van der Waals surface area (Å²) < 4.78 is 13.6. The first-order chi connectivity index (χ1) is 7.20. The number of hydrogen-bond donors (Lipinski definition) is 2. The highest BCUT2D eigenvalue weighted by Crippen LogP contribution is 2.24. The quantitative estimate of drug-likeness (QED) is 0.760. The molecule has 0 radical (unpaired) electrons. The van der Waals surface area contributed by atoms with Gasteiger partial charge in [0.15, 0.2) is 0 Å². The third kappa shape index (κ3) is 1.96. The zero-order chi connectivity index (χ0) is 10.8. The van der Waals surface area contributed by atoms with Gasteiger partial charge in [-0.3, -0.25) is 4.79 Å². The summed E-state index contributed by atoms with van der Waals surface area (Å²) in [4.78, 5) is 11.5. The summed E-state index contributed by atoms with van der Waals surface area (Å²) in [6.45, 7) is 1.19. The fourth-order valence-electron chi connectivity index (χ4n) is 1.59. The Labute approximate surface area is 91.6 Å². The van der Waals surface area contributed by atoms with Crippen molar-refractivity contribution in [1.29, 1.82) is 0 Å². The van der Waals surface area contributed by atoms with Crippen LogP contribution in [0.15, 0.2) is 18.2 Å². The predicted molar refractivity (Wildman–Crippen MR) is 55.2 cm³/mol. The molecule has 1 amide bonds. The standard InChI is InChI=1S/C10H10ClFN2O/c11-7-3-1-2-6(8(7)12)9-10(15)14-5-4-13-9/h1-3,9,13H,4-5H2,(H,14,15). The second kappa shape index (κ2) is 4.16. The molecule has 0 saturated carbocycles. The van der Waals surface area contributed by atoms with Crippen LogP contribution < -0.4 is 10.6 Å². The van der Waals surface area contributed by atoms with Crippen molar-refractivity contribution in [2.45, 2.75) is 6.04 Å². The van der Waals surface area contributed by atoms with Crippen LogP contribution in [-0.4, -0.2) is 19.0 Å². The lowest BCUT2D eigenvalue weighted by Crippen LogP contribution is -2.47. The van der Waals surface area contributed by atoms with Crippen LogP contribution in [0.5, 0.6) is 0 Å². The highest BCUT2D eigenvalue weighted by molar-refractivity contribution is 6.30. The van der Waals surface area contributed by atoms with E-state index in [1.807, 2.05) is 0 Å². The first-order valence-corrected chi connectivity index (χ1v) is 5.03. The van der Waals surface area contributed by atoms with E-state index >= 15 is 0 Å². The maximum Gasteiger partial charge on any atom is 0.241 e. The maximum absolute atomic E-state index is 13.6. The largest absolute Gasteiger partial charge is 0.353 e. The van der Waals surface area contributed by atoms with Crippen LogP contribution in [0.1, 0.15) is 11.6 Å². The number of rotatable bonds is 1. The van der Waals surface area contributed by atoms with Gasteiger partial charge in [-0.05, 0) is 6.07 Å². The number of halogens is 2. The van der Waals surface area contributed by atoms with Crippen LogP contribution in [0.25, 0.3) is 0 Å². The van der Waals surface area contributed by atoms with Crippen LogP contribution >= 0.6 is 11.6 Å². The molecule has 1 aromatic rings. The van der Waals surface area contributed by atoms with Crippen molar-refractivity contribution in [3.8, 4) is 0 Å². The Balaban J connectivity index is 2.35. The molecule has 5 heteroatoms. The molecule has 1 aliphatic rings. The molecule has 80 valence electrons. The van der Waals surface area contributed by atoms with E-state index in [1.165, 1.54) is 6.07 Å². The van der Waals surface area contributed by atoms with Gasteiger partial charge in [0.2, 0.25) is 5.91 Å². The molecule has 1 atom stereocenters. The van der Waals surface area contributed by atoms with Crippen molar-refractivity contribution in [2.75, 3.05) is 13.1 Å². The Morgan fingerprint density at radius 3 is 2.93 bits per heavy atom. The van der Waals surface area contributed by atoms with Crippen molar-refractivity contribution in [2.24, 2.45) is 0 Å². The number of nitrogens with one attached hydrogen (secondary N) is 2. The molecule has 1 aliphatic heterocycles. The summed E-state index contributed by atoms with van der Waals surface area (Å²) in [6, 6.07) is 4.01. The van der Waals surface area contributed by atoms with Crippen molar-refractivity contribution < 1.29 is 9.18 Å². The van der Waals surface area contributed by atoms with Gasteiger partial charge in [-0.1, -0.05) is 23.7 Å². The van der Waals surface area contributed by atoms with Crippen molar-refractivity contribution in [3.63, 3.8) is 0 Å². The lowest BCUT2D eigenvalue weighted by molar-refractivity contribution is -0.124. The zero-order valence-corrected chi connectivity index (χ0v) is 8.64. The molecule has 3 nitrogen and oxygen atoms in total. The summed E-state index contributed by atoms with van der Waals surface area (Å²) in [7, 11) is 0. The fourth-order valence-corrected chi connectivity index (χ4v) is 1.77. The molecule has 1 heterocycles. The monoisotopic (exact) mass is 228 g/mol. The first kappa shape index (κ1) is 10.4. The Hall–Kier alpha value is -1.13. The van der Waals surface area contributed by atoms with Gasteiger partial charge in [0.1, 0.15) is 11.9 Å². The Morgan fingerprint density at radius 2 is 2.20 bits per heavy atom. The lowest BCUT2D eigenvalue weighted by Gasteiger charge is -2.24. The van der Waals surface area contributed by atoms with Gasteiger partial charge in [-0.25, -0.2) is 4.39 Å². The van der Waals surface area contributed by atoms with Gasteiger partial charge in [0, 0.05) is 18.7 Å². The molecule has 15 heavy (non-hydrogen) atoms. The van der Waals surface area contributed by atoms with Gasteiger partial charge in [0.25, 0.3) is 0 Å². The molecule has 1 unspecified atom stereocenters. The molecule has 0 aliphatic carbocycles. The molecule has 1 fully saturated rings. The number of benzene rings is 1. The summed E-state index contributed by atoms with van der Waals surface area (Å²) in [6.07, 6.45) is 0. The average molecular weight is 229 g/mol. The number of hydrogen-bond acceptors (Lipinski definition) is 2. The molecule has 0 aromatic heterocycles. The minimum atomic E-state index is -0.641. The molecule has 0 spiro atoms. The maximum atomic E-state index is 13.6. The van der Waals surface area contributed by atoms with E-state index in [1.54, 1.807) is 12.1 Å². The second-order valence-corrected chi connectivity index (χ2v) is 3.73. The molecular weight excluding hydrogens is 219 g/mol. The van der Waals surface area contributed by atoms with Crippen LogP contribution in [0.2, 0.25) is 5.02 Å². The summed E-state index contributed by atoms with van der Waals surface area (Å²) >= 11 is 5.65. The normalized spacial score (nSPS) is 21.2. The third-order valence-electron chi connectivity index (χ3n) is 2.33. The van der Waals surface area contributed by atoms with E-state index in [4.69, 9.17) is 11.6 Å². The number of carbonyl (C=O) groups excluding carboxylic acids is 1. The van der Waals surface area contributed by atoms with Crippen LogP contribution in [-0.2, 0) is 4.79 Å². The van der Waals surface area contributed by atoms with Crippen LogP contribution in [0.4, 0.5) is 4.39 Å². The Morgan fingerprint density at radius 1 is 1.40 bits per heavy atom. The van der Waals surface area contributed by atoms with Crippen molar-refractivity contribution >= 4 is 17.5 Å². The van der Waals surface area contributed by atoms with E-state index < -0.39 is 11.9 Å². The van der Waals surface area contributed by atoms with Crippen LogP contribution in [0, 0.1) is 5.82 Å². The first-order valence-electron chi connectivity index (χ1n) is 4.65. The van der Waals surface area contributed by atoms with Gasteiger partial charge < -0.3 is 10.6 Å². The van der Waals surface area contributed by atoms with Gasteiger partial charge in [-0.2, -0.15) is 0 Å². The molecule has 2 rings (SSSR count). The molecule has 2 N–H and O–H groups in total. The smallest absolute Gasteiger partial charge is 0.241 e. The predicted octanol–water partition coefficient (Wildman–Crippen LogP) is 1.24. The number of carbonyl (C=O) groups is 1. The van der Waals surface area contributed by atoms with Gasteiger partial charge >= 0.3 is 0 Å². The summed E-state index contributed by atoms with van der Waals surface area (Å²) in [5.74, 6) is -0.754. The molecular formula is C10H10ClFN2O. The van der Waals surface area contributed by atoms with Gasteiger partial charge in [-0.15, -0.1) is 0 Å². The topological polar surface area (TPSA) is 41.1 Å². The Kier molecular flexibility index (Phi) is 2.88. The van der Waals surface area contributed by atoms with E-state index in [-0.39, 0.29) is 10.9 Å². The van der Waals surface area contributed by atoms with Gasteiger partial charge in [0.05, 0.1) is 5.02 Å². The second-order valence-electron chi connectivity index (χ2n) is 3.32. The van der Waals surface area contributed by atoms with Crippen molar-refractivity contribution in [1.82, 2.24) is 10.6 Å². The van der Waals surface area contributed by atoms with E-state index in [0.29, 0.717) is 18.7 Å². The fraction of sp³-hybridized carbons (Fsp3) is 0.300. The number of amides is 1. The molecule has 0 bridgehead atoms. The average Bonchev–Trinajstić information content (AvgIpc) is 2.23. The molecule has 1 saturated heterocycles. The minimum absolute atomic E-state index is 0.0349. The third-order valence-corrected chi connectivity index (χ3v) is 2.62. The van der Waals surface area contributed by atoms with E-state index in [9.17, 15) is 9.18 Å². The minimum Gasteiger partial charge on any atom is -0.353 e. The number of piperazine rings is 1. The summed E-state index contributed by atoms with van der Waals surface area (Å²) in [5, 5.41) is 5.64. The summed E-state index contributed by atoms with van der Waals surface area (Å²) in [5.41, 5.74) is 0.291. The van der Waals surface area contributed by atoms with Crippen molar-refractivity contribution in [3.05, 3.63) is 34.6 Å². The van der Waals surface area contributed by atoms with E-state index in [0.717, 1.165) is 0 Å². The molecule has 1 aromatic carbocycles. The SMILES string of the molecule is O=C1NCCNC1c1cccc(Cl)c1F. The zero-order valence-electron chi connectivity index (χ0n) is 7.89. The highest BCUT2D eigenvalue weighted by atomic mass is 35.5. The van der Waals surface area contributed by atoms with Crippen LogP contribution in [0.3, 0.4) is 0 Å². The highest BCUT2D eigenvalue weighted by Gasteiger charge is 2.26. The van der Waals surface area contributed by atoms with E-state index in [2.05, 4.69) is 10.6 Å². The Bertz CT molecular complexity index is 397.